The molecule has 0 atom stereocenters. The van der Waals surface area contributed by atoms with E-state index < -0.39 is 0 Å². The first kappa shape index (κ1) is 9.66. The molecule has 0 saturated heterocycles. The first-order valence-corrected chi connectivity index (χ1v) is 5.12. The van der Waals surface area contributed by atoms with Gasteiger partial charge in [0.05, 0.1) is 0 Å². The molecule has 2 rings (SSSR count). The van der Waals surface area contributed by atoms with Gasteiger partial charge in [0.1, 0.15) is 5.82 Å². The zero-order chi connectivity index (χ0) is 10.2. The molecule has 1 aromatic rings. The molecule has 0 aromatic heterocycles. The first-order valence-electron chi connectivity index (χ1n) is 5.12. The van der Waals surface area contributed by atoms with Crippen molar-refractivity contribution in [3.8, 4) is 0 Å². The highest BCUT2D eigenvalue weighted by molar-refractivity contribution is 5.29. The summed E-state index contributed by atoms with van der Waals surface area (Å²) in [5, 5.41) is 0. The van der Waals surface area contributed by atoms with Crippen LogP contribution in [0.4, 0.5) is 4.39 Å². The van der Waals surface area contributed by atoms with Crippen molar-refractivity contribution < 1.29 is 4.39 Å². The predicted molar refractivity (Wildman–Crippen MR) is 55.5 cm³/mol. The smallest absolute Gasteiger partial charge is 0.123 e. The Morgan fingerprint density at radius 2 is 1.93 bits per heavy atom. The van der Waals surface area contributed by atoms with Gasteiger partial charge in [-0.1, -0.05) is 19.1 Å². The highest BCUT2D eigenvalue weighted by atomic mass is 19.1. The molecule has 14 heavy (non-hydrogen) atoms. The minimum absolute atomic E-state index is 0.132. The minimum atomic E-state index is -0.173. The second-order valence-corrected chi connectivity index (χ2v) is 4.50. The van der Waals surface area contributed by atoms with Gasteiger partial charge in [-0.3, -0.25) is 0 Å². The van der Waals surface area contributed by atoms with E-state index in [4.69, 9.17) is 5.73 Å². The molecule has 0 amide bonds. The van der Waals surface area contributed by atoms with Gasteiger partial charge in [0.2, 0.25) is 0 Å². The Bertz CT molecular complexity index is 312. The largest absolute Gasteiger partial charge is 0.330 e. The number of halogens is 1. The molecule has 1 nitrogen and oxygen atoms in total. The molecule has 1 fully saturated rings. The maximum absolute atomic E-state index is 12.7. The number of rotatable bonds is 2. The van der Waals surface area contributed by atoms with Crippen LogP contribution in [-0.2, 0) is 5.41 Å². The standard InChI is InChI=1S/C12H16FN/c1-9-6-12(7-9,8-14)10-2-4-11(13)5-3-10/h2-5,9H,6-8,14H2,1H3. The summed E-state index contributed by atoms with van der Waals surface area (Å²) < 4.78 is 12.7. The molecule has 1 aliphatic carbocycles. The van der Waals surface area contributed by atoms with Gasteiger partial charge in [-0.05, 0) is 36.5 Å². The average Bonchev–Trinajstić information content (AvgIpc) is 2.14. The third-order valence-corrected chi connectivity index (χ3v) is 3.33. The summed E-state index contributed by atoms with van der Waals surface area (Å²) >= 11 is 0. The van der Waals surface area contributed by atoms with Gasteiger partial charge in [-0.15, -0.1) is 0 Å². The van der Waals surface area contributed by atoms with Crippen LogP contribution in [0.3, 0.4) is 0 Å². The van der Waals surface area contributed by atoms with Crippen molar-refractivity contribution >= 4 is 0 Å². The van der Waals surface area contributed by atoms with Crippen molar-refractivity contribution in [2.75, 3.05) is 6.54 Å². The molecule has 0 unspecified atom stereocenters. The summed E-state index contributed by atoms with van der Waals surface area (Å²) in [4.78, 5) is 0. The molecule has 1 saturated carbocycles. The van der Waals surface area contributed by atoms with Gasteiger partial charge < -0.3 is 5.73 Å². The van der Waals surface area contributed by atoms with Crippen LogP contribution in [0.5, 0.6) is 0 Å². The Balaban J connectivity index is 2.25. The lowest BCUT2D eigenvalue weighted by atomic mass is 9.59. The van der Waals surface area contributed by atoms with Crippen LogP contribution < -0.4 is 5.73 Å². The molecular formula is C12H16FN. The topological polar surface area (TPSA) is 26.0 Å². The van der Waals surface area contributed by atoms with E-state index in [1.807, 2.05) is 12.1 Å². The van der Waals surface area contributed by atoms with Gasteiger partial charge in [-0.2, -0.15) is 0 Å². The lowest BCUT2D eigenvalue weighted by molar-refractivity contribution is 0.164. The Labute approximate surface area is 84.1 Å². The second-order valence-electron chi connectivity index (χ2n) is 4.50. The van der Waals surface area contributed by atoms with Crippen LogP contribution in [-0.4, -0.2) is 6.54 Å². The molecule has 1 aliphatic rings. The Morgan fingerprint density at radius 3 is 2.36 bits per heavy atom. The predicted octanol–water partition coefficient (Wildman–Crippen LogP) is 2.45. The van der Waals surface area contributed by atoms with Gasteiger partial charge >= 0.3 is 0 Å². The van der Waals surface area contributed by atoms with Crippen LogP contribution in [0.25, 0.3) is 0 Å². The molecule has 0 spiro atoms. The summed E-state index contributed by atoms with van der Waals surface area (Å²) in [6, 6.07) is 6.79. The van der Waals surface area contributed by atoms with Gasteiger partial charge in [0.15, 0.2) is 0 Å². The van der Waals surface area contributed by atoms with Crippen LogP contribution in [0.2, 0.25) is 0 Å². The quantitative estimate of drug-likeness (QED) is 0.767. The number of nitrogens with two attached hydrogens (primary N) is 1. The van der Waals surface area contributed by atoms with Crippen molar-refractivity contribution in [3.63, 3.8) is 0 Å². The Kier molecular flexibility index (Phi) is 2.31. The van der Waals surface area contributed by atoms with Crippen molar-refractivity contribution in [2.24, 2.45) is 11.7 Å². The summed E-state index contributed by atoms with van der Waals surface area (Å²) in [5.74, 6) is 0.580. The molecule has 1 aromatic carbocycles. The number of hydrogen-bond donors (Lipinski definition) is 1. The van der Waals surface area contributed by atoms with Crippen LogP contribution in [0.15, 0.2) is 24.3 Å². The average molecular weight is 193 g/mol. The maximum Gasteiger partial charge on any atom is 0.123 e. The molecule has 0 aliphatic heterocycles. The fraction of sp³-hybridized carbons (Fsp3) is 0.500. The van der Waals surface area contributed by atoms with Crippen LogP contribution in [0.1, 0.15) is 25.3 Å². The van der Waals surface area contributed by atoms with E-state index in [9.17, 15) is 4.39 Å². The highest BCUT2D eigenvalue weighted by Crippen LogP contribution is 2.46. The molecule has 0 bridgehead atoms. The summed E-state index contributed by atoms with van der Waals surface area (Å²) in [6.07, 6.45) is 2.27. The van der Waals surface area contributed by atoms with Gasteiger partial charge in [-0.25, -0.2) is 4.39 Å². The third kappa shape index (κ3) is 1.44. The van der Waals surface area contributed by atoms with Crippen LogP contribution in [0, 0.1) is 11.7 Å². The SMILES string of the molecule is CC1CC(CN)(c2ccc(F)cc2)C1. The van der Waals surface area contributed by atoms with E-state index >= 15 is 0 Å². The Hall–Kier alpha value is -0.890. The number of benzene rings is 1. The summed E-state index contributed by atoms with van der Waals surface area (Å²) in [7, 11) is 0. The van der Waals surface area contributed by atoms with E-state index in [-0.39, 0.29) is 11.2 Å². The van der Waals surface area contributed by atoms with Gasteiger partial charge in [0, 0.05) is 12.0 Å². The van der Waals surface area contributed by atoms with Gasteiger partial charge in [0.25, 0.3) is 0 Å². The van der Waals surface area contributed by atoms with E-state index in [2.05, 4.69) is 6.92 Å². The molecule has 0 radical (unpaired) electrons. The molecular weight excluding hydrogens is 177 g/mol. The molecule has 0 heterocycles. The summed E-state index contributed by atoms with van der Waals surface area (Å²) in [6.45, 7) is 2.90. The Morgan fingerprint density at radius 1 is 1.36 bits per heavy atom. The van der Waals surface area contributed by atoms with E-state index in [1.54, 1.807) is 0 Å². The zero-order valence-electron chi connectivity index (χ0n) is 8.46. The normalized spacial score (nSPS) is 31.2. The zero-order valence-corrected chi connectivity index (χ0v) is 8.46. The lowest BCUT2D eigenvalue weighted by Crippen LogP contribution is -2.46. The molecule has 2 heteroatoms. The van der Waals surface area contributed by atoms with E-state index in [1.165, 1.54) is 17.7 Å². The monoisotopic (exact) mass is 193 g/mol. The third-order valence-electron chi connectivity index (χ3n) is 3.33. The molecule has 2 N–H and O–H groups in total. The van der Waals surface area contributed by atoms with Crippen LogP contribution >= 0.6 is 0 Å². The van der Waals surface area contributed by atoms with Crippen molar-refractivity contribution in [1.29, 1.82) is 0 Å². The lowest BCUT2D eigenvalue weighted by Gasteiger charge is -2.46. The number of hydrogen-bond acceptors (Lipinski definition) is 1. The van der Waals surface area contributed by atoms with Crippen molar-refractivity contribution in [3.05, 3.63) is 35.6 Å². The van der Waals surface area contributed by atoms with Crippen molar-refractivity contribution in [1.82, 2.24) is 0 Å². The maximum atomic E-state index is 12.7. The first-order chi connectivity index (χ1) is 6.66. The fourth-order valence-corrected chi connectivity index (χ4v) is 2.60. The fourth-order valence-electron chi connectivity index (χ4n) is 2.60. The molecule has 76 valence electrons. The van der Waals surface area contributed by atoms with Crippen molar-refractivity contribution in [2.45, 2.75) is 25.2 Å². The van der Waals surface area contributed by atoms with E-state index in [0.29, 0.717) is 6.54 Å². The minimum Gasteiger partial charge on any atom is -0.330 e. The second kappa shape index (κ2) is 3.35. The van der Waals surface area contributed by atoms with E-state index in [0.717, 1.165) is 18.8 Å². The summed E-state index contributed by atoms with van der Waals surface area (Å²) in [5.41, 5.74) is 7.13. The highest BCUT2D eigenvalue weighted by Gasteiger charge is 2.41.